The summed E-state index contributed by atoms with van der Waals surface area (Å²) in [5, 5.41) is -0.617. The fourth-order valence-corrected chi connectivity index (χ4v) is 6.07. The Hall–Kier alpha value is -1.68. The van der Waals surface area contributed by atoms with Gasteiger partial charge in [-0.3, -0.25) is 14.5 Å². The predicted molar refractivity (Wildman–Crippen MR) is 129 cm³/mol. The lowest BCUT2D eigenvalue weighted by Crippen LogP contribution is -2.57. The molecular formula is C23H35ClN4O4S. The van der Waals surface area contributed by atoms with Gasteiger partial charge in [0.1, 0.15) is 0 Å². The molecule has 1 atom stereocenters. The Morgan fingerprint density at radius 1 is 1.12 bits per heavy atom. The Kier molecular flexibility index (Phi) is 9.15. The summed E-state index contributed by atoms with van der Waals surface area (Å²) in [4.78, 5) is 28.5. The molecule has 8 nitrogen and oxygen atoms in total. The lowest BCUT2D eigenvalue weighted by atomic mass is 9.95. The molecule has 1 aliphatic carbocycles. The number of rotatable bonds is 9. The normalized spacial score (nSPS) is 19.2. The molecule has 184 valence electrons. The number of hydrogen-bond donors (Lipinski definition) is 1. The lowest BCUT2D eigenvalue weighted by molar-refractivity contribution is -0.133. The summed E-state index contributed by atoms with van der Waals surface area (Å²) in [6, 6.07) is 7.58. The first-order valence-electron chi connectivity index (χ1n) is 11.8. The summed E-state index contributed by atoms with van der Waals surface area (Å²) in [5.41, 5.74) is 6.24. The number of piperazine rings is 1. The van der Waals surface area contributed by atoms with Crippen molar-refractivity contribution >= 4 is 32.8 Å². The highest BCUT2D eigenvalue weighted by atomic mass is 35.5. The van der Waals surface area contributed by atoms with E-state index in [0.717, 1.165) is 31.2 Å². The van der Waals surface area contributed by atoms with Crippen LogP contribution >= 0.6 is 11.6 Å². The molecule has 1 aliphatic heterocycles. The molecule has 2 fully saturated rings. The Morgan fingerprint density at radius 2 is 1.73 bits per heavy atom. The monoisotopic (exact) mass is 498 g/mol. The Morgan fingerprint density at radius 3 is 2.27 bits per heavy atom. The van der Waals surface area contributed by atoms with Crippen molar-refractivity contribution in [2.24, 2.45) is 11.7 Å². The van der Waals surface area contributed by atoms with Crippen molar-refractivity contribution in [3.05, 3.63) is 34.9 Å². The van der Waals surface area contributed by atoms with E-state index in [1.165, 1.54) is 4.31 Å². The van der Waals surface area contributed by atoms with Crippen LogP contribution in [-0.4, -0.2) is 79.0 Å². The third-order valence-electron chi connectivity index (χ3n) is 6.96. The van der Waals surface area contributed by atoms with Crippen molar-refractivity contribution in [1.29, 1.82) is 0 Å². The number of amides is 2. The van der Waals surface area contributed by atoms with Gasteiger partial charge in [-0.15, -0.1) is 0 Å². The Balaban J connectivity index is 1.59. The molecule has 0 spiro atoms. The molecule has 1 saturated heterocycles. The third-order valence-corrected chi connectivity index (χ3v) is 8.81. The number of primary amides is 1. The van der Waals surface area contributed by atoms with E-state index in [2.05, 4.69) is 4.90 Å². The second-order valence-corrected chi connectivity index (χ2v) is 11.2. The fourth-order valence-electron chi connectivity index (χ4n) is 5.00. The van der Waals surface area contributed by atoms with Gasteiger partial charge < -0.3 is 10.6 Å². The molecule has 1 saturated carbocycles. The molecule has 0 radical (unpaired) electrons. The van der Waals surface area contributed by atoms with E-state index in [1.54, 1.807) is 6.92 Å². The predicted octanol–water partition coefficient (Wildman–Crippen LogP) is 2.71. The molecule has 33 heavy (non-hydrogen) atoms. The van der Waals surface area contributed by atoms with Gasteiger partial charge in [0.15, 0.2) is 0 Å². The molecule has 2 amide bonds. The number of halogens is 1. The highest BCUT2D eigenvalue weighted by Gasteiger charge is 2.37. The number of carbonyl (C=O) groups is 2. The van der Waals surface area contributed by atoms with Gasteiger partial charge in [0.25, 0.3) is 10.0 Å². The number of carbonyl (C=O) groups excluding carboxylic acids is 2. The quantitative estimate of drug-likeness (QED) is 0.563. The number of hydrogen-bond acceptors (Lipinski definition) is 5. The van der Waals surface area contributed by atoms with Gasteiger partial charge in [-0.25, -0.2) is 8.42 Å². The van der Waals surface area contributed by atoms with Gasteiger partial charge in [0, 0.05) is 56.8 Å². The van der Waals surface area contributed by atoms with E-state index in [0.29, 0.717) is 50.0 Å². The van der Waals surface area contributed by atoms with Crippen LogP contribution in [0, 0.1) is 5.92 Å². The molecule has 0 bridgehead atoms. The minimum atomic E-state index is -4.14. The van der Waals surface area contributed by atoms with Crippen molar-refractivity contribution in [2.75, 3.05) is 39.3 Å². The van der Waals surface area contributed by atoms with Gasteiger partial charge >= 0.3 is 5.24 Å². The summed E-state index contributed by atoms with van der Waals surface area (Å²) in [5.74, 6) is 0.516. The first-order chi connectivity index (χ1) is 15.7. The standard InChI is InChI=1S/C23H35ClN4O4S/c1-2-28(33(31,32)23(25)30)17-21(19-5-3-4-6-19)26-13-15-27(16-14-26)22(29)12-9-18-7-10-20(24)11-8-18/h7-8,10-11,19,21H,2-6,9,12-17H2,1H3,(H2,25,30). The van der Waals surface area contributed by atoms with Gasteiger partial charge in [-0.1, -0.05) is 43.5 Å². The number of benzene rings is 1. The zero-order valence-electron chi connectivity index (χ0n) is 19.3. The molecule has 2 aliphatic rings. The van der Waals surface area contributed by atoms with Crippen LogP contribution in [0.5, 0.6) is 0 Å². The van der Waals surface area contributed by atoms with E-state index in [-0.39, 0.29) is 25.0 Å². The van der Waals surface area contributed by atoms with Gasteiger partial charge in [-0.2, -0.15) is 4.31 Å². The molecule has 1 heterocycles. The van der Waals surface area contributed by atoms with Crippen LogP contribution < -0.4 is 5.73 Å². The highest BCUT2D eigenvalue weighted by molar-refractivity contribution is 8.03. The summed E-state index contributed by atoms with van der Waals surface area (Å²) in [6.45, 7) is 4.83. The van der Waals surface area contributed by atoms with Crippen LogP contribution in [0.15, 0.2) is 24.3 Å². The number of nitrogens with two attached hydrogens (primary N) is 1. The zero-order valence-corrected chi connectivity index (χ0v) is 20.9. The topological polar surface area (TPSA) is 104 Å². The van der Waals surface area contributed by atoms with Crippen LogP contribution in [-0.2, 0) is 21.2 Å². The maximum Gasteiger partial charge on any atom is 0.349 e. The molecule has 3 rings (SSSR count). The highest BCUT2D eigenvalue weighted by Crippen LogP contribution is 2.32. The van der Waals surface area contributed by atoms with Crippen LogP contribution in [0.25, 0.3) is 0 Å². The van der Waals surface area contributed by atoms with Crippen molar-refractivity contribution in [1.82, 2.24) is 14.1 Å². The van der Waals surface area contributed by atoms with Crippen molar-refractivity contribution in [3.63, 3.8) is 0 Å². The van der Waals surface area contributed by atoms with E-state index >= 15 is 0 Å². The van der Waals surface area contributed by atoms with E-state index < -0.39 is 15.3 Å². The maximum atomic E-state index is 12.7. The zero-order chi connectivity index (χ0) is 24.0. The number of nitrogens with zero attached hydrogens (tertiary/aromatic N) is 3. The Labute approximate surface area is 202 Å². The number of sulfonamides is 1. The van der Waals surface area contributed by atoms with Crippen LogP contribution in [0.3, 0.4) is 0 Å². The number of aryl methyl sites for hydroxylation is 1. The third kappa shape index (κ3) is 6.68. The number of likely N-dealkylation sites (N-methyl/N-ethyl adjacent to an activating group) is 1. The van der Waals surface area contributed by atoms with E-state index in [1.807, 2.05) is 29.2 Å². The minimum Gasteiger partial charge on any atom is -0.355 e. The lowest BCUT2D eigenvalue weighted by Gasteiger charge is -2.43. The van der Waals surface area contributed by atoms with Crippen LogP contribution in [0.4, 0.5) is 4.79 Å². The molecule has 2 N–H and O–H groups in total. The summed E-state index contributed by atoms with van der Waals surface area (Å²) >= 11 is 5.92. The summed E-state index contributed by atoms with van der Waals surface area (Å²) < 4.78 is 26.0. The van der Waals surface area contributed by atoms with Gasteiger partial charge in [0.2, 0.25) is 5.91 Å². The van der Waals surface area contributed by atoms with Crippen molar-refractivity contribution in [2.45, 2.75) is 51.5 Å². The average Bonchev–Trinajstić information content (AvgIpc) is 3.33. The first kappa shape index (κ1) is 25.9. The van der Waals surface area contributed by atoms with Gasteiger partial charge in [0.05, 0.1) is 0 Å². The fraction of sp³-hybridized carbons (Fsp3) is 0.652. The largest absolute Gasteiger partial charge is 0.355 e. The van der Waals surface area contributed by atoms with Gasteiger partial charge in [-0.05, 0) is 42.9 Å². The molecule has 0 aromatic heterocycles. The molecule has 1 aromatic rings. The minimum absolute atomic E-state index is 0.0212. The maximum absolute atomic E-state index is 12.7. The average molecular weight is 499 g/mol. The smallest absolute Gasteiger partial charge is 0.349 e. The molecule has 1 unspecified atom stereocenters. The molecule has 10 heteroatoms. The molecular weight excluding hydrogens is 464 g/mol. The van der Waals surface area contributed by atoms with Crippen LogP contribution in [0.1, 0.15) is 44.6 Å². The van der Waals surface area contributed by atoms with E-state index in [9.17, 15) is 18.0 Å². The van der Waals surface area contributed by atoms with E-state index in [4.69, 9.17) is 17.3 Å². The first-order valence-corrected chi connectivity index (χ1v) is 13.6. The van der Waals surface area contributed by atoms with Crippen LogP contribution in [0.2, 0.25) is 5.02 Å². The summed E-state index contributed by atoms with van der Waals surface area (Å²) in [6.07, 6.45) is 5.52. The second-order valence-electron chi connectivity index (χ2n) is 8.93. The van der Waals surface area contributed by atoms with Crippen molar-refractivity contribution < 1.29 is 18.0 Å². The van der Waals surface area contributed by atoms with Crippen molar-refractivity contribution in [3.8, 4) is 0 Å². The second kappa shape index (κ2) is 11.6. The SMILES string of the molecule is CCN(CC(C1CCCC1)N1CCN(C(=O)CCc2ccc(Cl)cc2)CC1)S(=O)(=O)C(N)=O. The summed E-state index contributed by atoms with van der Waals surface area (Å²) in [7, 11) is -4.14. The molecule has 1 aromatic carbocycles. The Bertz CT molecular complexity index is 911.